The van der Waals surface area contributed by atoms with E-state index in [-0.39, 0.29) is 65.4 Å². The van der Waals surface area contributed by atoms with Crippen LogP contribution in [0, 0.1) is 23.7 Å². The number of carbonyl (C=O) groups excluding carboxylic acids is 2. The zero-order chi connectivity index (χ0) is 44.8. The Morgan fingerprint density at radius 1 is 0.633 bits per heavy atom. The highest BCUT2D eigenvalue weighted by atomic mass is 35.5. The Morgan fingerprint density at radius 3 is 1.22 bits per heavy atom. The molecule has 4 aromatic carbocycles. The standard InChI is InChI=1S/C44H44Cl2O14/c1-15(2)43(57)17(5)37(51)31-29(33(43)23(59-7)13-25(47)48)35(45)21-11-9-19(39(53)27(21)41(31)55)20-10-12-22-28(40(20)54)42(56)32-30(36(22)46)34(24(60-8)14-26(49)50)44(58,16(3)4)18(6)38(32)52/h9-18,33-34,53-58H,1-8H3,(H,47,48)(H,49,50)/b23-13-,24-14-. The molecule has 14 nitrogen and oxygen atoms in total. The molecule has 0 radical (unpaired) electrons. The number of halogens is 2. The summed E-state index contributed by atoms with van der Waals surface area (Å²) < 4.78 is 10.9. The first-order chi connectivity index (χ1) is 28.0. The second kappa shape index (κ2) is 15.2. The number of benzene rings is 4. The Hall–Kier alpha value is -5.54. The quantitative estimate of drug-likeness (QED) is 0.0596. The van der Waals surface area contributed by atoms with Gasteiger partial charge in [0.1, 0.15) is 34.5 Å². The average Bonchev–Trinajstić information content (AvgIpc) is 3.18. The van der Waals surface area contributed by atoms with Gasteiger partial charge in [0.2, 0.25) is 0 Å². The summed E-state index contributed by atoms with van der Waals surface area (Å²) in [5.41, 5.74) is -5.26. The van der Waals surface area contributed by atoms with Crippen LogP contribution in [0.1, 0.15) is 85.2 Å². The minimum absolute atomic E-state index is 0.0229. The van der Waals surface area contributed by atoms with E-state index >= 15 is 0 Å². The number of ketones is 2. The van der Waals surface area contributed by atoms with Crippen molar-refractivity contribution in [3.63, 3.8) is 0 Å². The van der Waals surface area contributed by atoms with Crippen LogP contribution in [0.25, 0.3) is 32.7 Å². The summed E-state index contributed by atoms with van der Waals surface area (Å²) in [7, 11) is 2.38. The molecule has 2 aliphatic carbocycles. The predicted octanol–water partition coefficient (Wildman–Crippen LogP) is 7.63. The van der Waals surface area contributed by atoms with E-state index in [2.05, 4.69) is 0 Å². The van der Waals surface area contributed by atoms with Gasteiger partial charge >= 0.3 is 11.9 Å². The van der Waals surface area contributed by atoms with Crippen LogP contribution in [-0.2, 0) is 19.1 Å². The number of hydrogen-bond acceptors (Lipinski definition) is 12. The number of aliphatic carboxylic acids is 2. The van der Waals surface area contributed by atoms with Crippen LogP contribution in [0.5, 0.6) is 23.0 Å². The van der Waals surface area contributed by atoms with Crippen molar-refractivity contribution in [3.8, 4) is 34.1 Å². The van der Waals surface area contributed by atoms with Crippen LogP contribution in [0.15, 0.2) is 47.9 Å². The monoisotopic (exact) mass is 866 g/mol. The Morgan fingerprint density at radius 2 is 0.950 bits per heavy atom. The van der Waals surface area contributed by atoms with Crippen molar-refractivity contribution in [1.29, 1.82) is 0 Å². The largest absolute Gasteiger partial charge is 0.507 e. The van der Waals surface area contributed by atoms with Gasteiger partial charge in [-0.3, -0.25) is 9.59 Å². The lowest BCUT2D eigenvalue weighted by molar-refractivity contribution is -0.132. The molecule has 0 aliphatic heterocycles. The number of carbonyl (C=O) groups is 4. The maximum Gasteiger partial charge on any atom is 0.331 e. The van der Waals surface area contributed by atoms with Gasteiger partial charge in [-0.15, -0.1) is 0 Å². The summed E-state index contributed by atoms with van der Waals surface area (Å²) in [6, 6.07) is 5.37. The second-order valence-electron chi connectivity index (χ2n) is 16.0. The van der Waals surface area contributed by atoms with Gasteiger partial charge in [0, 0.05) is 33.7 Å². The van der Waals surface area contributed by atoms with E-state index in [0.717, 1.165) is 12.2 Å². The Bertz CT molecular complexity index is 2450. The number of carboxylic acid groups (broad SMARTS) is 2. The maximum atomic E-state index is 14.1. The van der Waals surface area contributed by atoms with Crippen molar-refractivity contribution >= 4 is 68.3 Å². The highest BCUT2D eigenvalue weighted by Gasteiger charge is 2.58. The molecule has 4 aromatic rings. The summed E-state index contributed by atoms with van der Waals surface area (Å²) in [5.74, 6) is -14.4. The highest BCUT2D eigenvalue weighted by Crippen LogP contribution is 2.60. The molecule has 16 heteroatoms. The van der Waals surface area contributed by atoms with Crippen LogP contribution in [0.2, 0.25) is 10.0 Å². The number of hydrogen-bond donors (Lipinski definition) is 8. The summed E-state index contributed by atoms with van der Waals surface area (Å²) in [6.07, 6.45) is 1.46. The lowest BCUT2D eigenvalue weighted by atomic mass is 9.60. The third kappa shape index (κ3) is 5.98. The van der Waals surface area contributed by atoms with Crippen LogP contribution >= 0.6 is 23.2 Å². The number of Topliss-reactive ketones (excluding diaryl/α,β-unsaturated/α-hetero) is 2. The SMILES string of the molecule is CO/C(=C\C(=O)O)C1c2c(c(O)c3c(O)c(-c4ccc5c(Cl)c6c(c(O)c5c4O)C(=O)C(C)C(O)(C(C)C)C6/C(=C/C(=O)O)OC)ccc3c2Cl)C(=O)C(C)C1(O)C(C)C. The topological polar surface area (TPSA) is 249 Å². The van der Waals surface area contributed by atoms with Crippen LogP contribution < -0.4 is 0 Å². The van der Waals surface area contributed by atoms with Crippen LogP contribution in [-0.4, -0.2) is 89.8 Å². The number of phenols is 4. The minimum atomic E-state index is -1.96. The molecule has 318 valence electrons. The van der Waals surface area contributed by atoms with Gasteiger partial charge in [-0.25, -0.2) is 9.59 Å². The molecule has 0 fully saturated rings. The van der Waals surface area contributed by atoms with Crippen LogP contribution in [0.3, 0.4) is 0 Å². The Labute approximate surface area is 353 Å². The van der Waals surface area contributed by atoms with Crippen LogP contribution in [0.4, 0.5) is 0 Å². The average molecular weight is 868 g/mol. The van der Waals surface area contributed by atoms with E-state index in [9.17, 15) is 60.0 Å². The molecule has 8 N–H and O–H groups in total. The van der Waals surface area contributed by atoms with E-state index in [1.807, 2.05) is 0 Å². The molecular weight excluding hydrogens is 823 g/mol. The van der Waals surface area contributed by atoms with Crippen molar-refractivity contribution in [2.75, 3.05) is 14.2 Å². The molecule has 0 saturated carbocycles. The number of aliphatic hydroxyl groups is 2. The van der Waals surface area contributed by atoms with Gasteiger partial charge in [0.05, 0.1) is 81.4 Å². The van der Waals surface area contributed by atoms with Gasteiger partial charge < -0.3 is 50.3 Å². The van der Waals surface area contributed by atoms with Gasteiger partial charge in [-0.1, -0.05) is 76.9 Å². The number of methoxy groups -OCH3 is 2. The molecule has 0 amide bonds. The first-order valence-corrected chi connectivity index (χ1v) is 19.6. The predicted molar refractivity (Wildman–Crippen MR) is 221 cm³/mol. The molecule has 2 aliphatic rings. The Balaban J connectivity index is 1.67. The summed E-state index contributed by atoms with van der Waals surface area (Å²) in [5, 5.41) is 90.4. The molecule has 60 heavy (non-hydrogen) atoms. The van der Waals surface area contributed by atoms with E-state index in [0.29, 0.717) is 0 Å². The number of phenolic OH excluding ortho intramolecular Hbond substituents is 4. The van der Waals surface area contributed by atoms with E-state index in [4.69, 9.17) is 32.7 Å². The van der Waals surface area contributed by atoms with Gasteiger partial charge in [-0.2, -0.15) is 0 Å². The number of rotatable bonds is 9. The van der Waals surface area contributed by atoms with E-state index in [1.165, 1.54) is 52.3 Å². The Kier molecular flexibility index (Phi) is 11.1. The van der Waals surface area contributed by atoms with Gasteiger partial charge in [-0.05, 0) is 35.1 Å². The van der Waals surface area contributed by atoms with E-state index in [1.54, 1.807) is 27.7 Å². The lowest BCUT2D eigenvalue weighted by Gasteiger charge is -2.48. The zero-order valence-corrected chi connectivity index (χ0v) is 35.2. The molecule has 0 saturated heterocycles. The number of fused-ring (bicyclic) bond motifs is 4. The molecule has 6 rings (SSSR count). The second-order valence-corrected chi connectivity index (χ2v) is 16.7. The van der Waals surface area contributed by atoms with Crippen molar-refractivity contribution in [2.45, 2.75) is 64.6 Å². The fourth-order valence-corrected chi connectivity index (χ4v) is 10.2. The normalized spacial score (nSPS) is 24.6. The maximum absolute atomic E-state index is 14.1. The third-order valence-electron chi connectivity index (χ3n) is 12.7. The summed E-state index contributed by atoms with van der Waals surface area (Å²) in [4.78, 5) is 52.1. The molecule has 0 heterocycles. The number of ether oxygens (including phenoxy) is 2. The van der Waals surface area contributed by atoms with E-state index < -0.39 is 104 Å². The molecule has 6 unspecified atom stereocenters. The highest BCUT2D eigenvalue weighted by molar-refractivity contribution is 6.39. The third-order valence-corrected chi connectivity index (χ3v) is 13.5. The van der Waals surface area contributed by atoms with Gasteiger partial charge in [0.25, 0.3) is 0 Å². The molecule has 6 atom stereocenters. The molecule has 0 aromatic heterocycles. The van der Waals surface area contributed by atoms with Crippen molar-refractivity contribution < 1.29 is 69.5 Å². The number of aromatic hydroxyl groups is 4. The van der Waals surface area contributed by atoms with Crippen molar-refractivity contribution in [3.05, 3.63) is 80.2 Å². The lowest BCUT2D eigenvalue weighted by Crippen LogP contribution is -2.54. The summed E-state index contributed by atoms with van der Waals surface area (Å²) >= 11 is 14.0. The molecule has 0 spiro atoms. The van der Waals surface area contributed by atoms with Gasteiger partial charge in [0.15, 0.2) is 11.6 Å². The fraction of sp³-hybridized carbons (Fsp3) is 0.364. The number of carboxylic acids is 2. The summed E-state index contributed by atoms with van der Waals surface area (Å²) in [6.45, 7) is 9.36. The first-order valence-electron chi connectivity index (χ1n) is 18.9. The van der Waals surface area contributed by atoms with Crippen molar-refractivity contribution in [2.24, 2.45) is 23.7 Å². The molecule has 0 bridgehead atoms. The molecular formula is C44H44Cl2O14. The first kappa shape index (κ1) is 44.0. The minimum Gasteiger partial charge on any atom is -0.507 e. The fourth-order valence-electron chi connectivity index (χ4n) is 9.50. The smallest absolute Gasteiger partial charge is 0.331 e. The van der Waals surface area contributed by atoms with Crippen molar-refractivity contribution in [1.82, 2.24) is 0 Å². The zero-order valence-electron chi connectivity index (χ0n) is 33.7.